The van der Waals surface area contributed by atoms with E-state index < -0.39 is 41.2 Å². The Hall–Kier alpha value is -4.30. The molecule has 1 aromatic heterocycles. The monoisotopic (exact) mass is 945 g/mol. The van der Waals surface area contributed by atoms with Crippen LogP contribution in [-0.2, 0) is 39.4 Å². The third-order valence-corrected chi connectivity index (χ3v) is 15.6. The number of nitrogens with zero attached hydrogens (tertiary/aromatic N) is 5. The number of sulfonamides is 1. The van der Waals surface area contributed by atoms with Crippen LogP contribution < -0.4 is 10.0 Å². The summed E-state index contributed by atoms with van der Waals surface area (Å²) in [4.78, 5) is 14.1. The van der Waals surface area contributed by atoms with E-state index in [4.69, 9.17) is 11.6 Å². The zero-order valence-corrected chi connectivity index (χ0v) is 37.9. The van der Waals surface area contributed by atoms with Gasteiger partial charge in [-0.2, -0.15) is 13.2 Å². The van der Waals surface area contributed by atoms with E-state index >= 15 is 4.39 Å². The van der Waals surface area contributed by atoms with Crippen molar-refractivity contribution in [3.63, 3.8) is 0 Å². The summed E-state index contributed by atoms with van der Waals surface area (Å²) in [6.07, 6.45) is 3.71. The molecule has 0 amide bonds. The number of alkyl halides is 3. The molecule has 63 heavy (non-hydrogen) atoms. The fraction of sp³-hybridized carbons (Fsp3) is 0.364. The van der Waals surface area contributed by atoms with Crippen molar-refractivity contribution >= 4 is 54.7 Å². The quantitative estimate of drug-likeness (QED) is 0.0730. The molecule has 0 radical (unpaired) electrons. The summed E-state index contributed by atoms with van der Waals surface area (Å²) in [7, 11) is -6.95. The lowest BCUT2D eigenvalue weighted by Crippen LogP contribution is -2.46. The molecule has 5 aromatic rings. The molecule has 19 heteroatoms. The number of nitrogens with one attached hydrogen (secondary N) is 2. The first-order chi connectivity index (χ1) is 30.0. The number of anilines is 2. The van der Waals surface area contributed by atoms with Crippen LogP contribution in [0.15, 0.2) is 112 Å². The molecule has 3 heterocycles. The van der Waals surface area contributed by atoms with Crippen LogP contribution in [0, 0.1) is 5.82 Å². The maximum absolute atomic E-state index is 15.2. The van der Waals surface area contributed by atoms with E-state index in [0.717, 1.165) is 54.1 Å². The number of benzene rings is 4. The highest BCUT2D eigenvalue weighted by atomic mass is 35.5. The summed E-state index contributed by atoms with van der Waals surface area (Å²) < 4.78 is 114. The van der Waals surface area contributed by atoms with Crippen LogP contribution in [0.1, 0.15) is 36.1 Å². The predicted octanol–water partition coefficient (Wildman–Crippen LogP) is 8.58. The number of fused-ring (bicyclic) bond motifs is 1. The SMILES string of the molecule is CN(C)CC[C@H](CSc1ccccc1)Nc1ccc(S(=O)(=O)Nc2ncnc3c2CCN(C2CCN(Cc4c(F)cccc4-c4ccc(Cl)cc4)CC2)C3)cc1S(=O)(=O)C(F)(F)F. The van der Waals surface area contributed by atoms with Crippen LogP contribution in [0.25, 0.3) is 11.1 Å². The number of rotatable bonds is 16. The van der Waals surface area contributed by atoms with E-state index in [2.05, 4.69) is 29.8 Å². The van der Waals surface area contributed by atoms with Gasteiger partial charge in [-0.05, 0) is 119 Å². The number of aromatic nitrogens is 2. The van der Waals surface area contributed by atoms with Crippen molar-refractivity contribution < 1.29 is 34.4 Å². The van der Waals surface area contributed by atoms with Crippen molar-refractivity contribution in [2.24, 2.45) is 0 Å². The van der Waals surface area contributed by atoms with Gasteiger partial charge >= 0.3 is 5.51 Å². The zero-order valence-electron chi connectivity index (χ0n) is 34.7. The second-order valence-corrected chi connectivity index (χ2v) is 21.0. The predicted molar refractivity (Wildman–Crippen MR) is 240 cm³/mol. The van der Waals surface area contributed by atoms with Gasteiger partial charge in [0.05, 0.1) is 16.3 Å². The van der Waals surface area contributed by atoms with E-state index in [1.165, 1.54) is 24.2 Å². The Balaban J connectivity index is 1.04. The summed E-state index contributed by atoms with van der Waals surface area (Å²) in [5.41, 5.74) is -2.57. The molecule has 0 bridgehead atoms. The zero-order chi connectivity index (χ0) is 44.9. The fourth-order valence-electron chi connectivity index (χ4n) is 7.93. The minimum atomic E-state index is -6.00. The number of sulfone groups is 1. The average molecular weight is 947 g/mol. The van der Waals surface area contributed by atoms with Crippen LogP contribution in [0.3, 0.4) is 0 Å². The molecule has 2 aliphatic heterocycles. The number of hydrogen-bond donors (Lipinski definition) is 2. The first-order valence-corrected chi connectivity index (χ1v) is 24.7. The van der Waals surface area contributed by atoms with E-state index in [1.807, 2.05) is 67.5 Å². The first-order valence-electron chi connectivity index (χ1n) is 20.4. The highest BCUT2D eigenvalue weighted by Crippen LogP contribution is 2.38. The van der Waals surface area contributed by atoms with Gasteiger partial charge in [-0.1, -0.05) is 54.1 Å². The number of hydrogen-bond acceptors (Lipinski definition) is 11. The smallest absolute Gasteiger partial charge is 0.380 e. The van der Waals surface area contributed by atoms with E-state index in [9.17, 15) is 30.0 Å². The molecule has 4 aromatic carbocycles. The number of thioether (sulfide) groups is 1. The molecule has 0 unspecified atom stereocenters. The maximum Gasteiger partial charge on any atom is 0.501 e. The molecule has 336 valence electrons. The Morgan fingerprint density at radius 1 is 0.921 bits per heavy atom. The number of halogens is 5. The Morgan fingerprint density at radius 2 is 1.65 bits per heavy atom. The third-order valence-electron chi connectivity index (χ3n) is 11.3. The molecule has 1 saturated heterocycles. The van der Waals surface area contributed by atoms with E-state index in [-0.39, 0.29) is 23.4 Å². The molecule has 2 N–H and O–H groups in total. The second-order valence-electron chi connectivity index (χ2n) is 15.9. The minimum absolute atomic E-state index is 0.0278. The molecular formula is C44H48ClF4N7O4S3. The van der Waals surface area contributed by atoms with Crippen LogP contribution >= 0.6 is 23.4 Å². The van der Waals surface area contributed by atoms with Crippen LogP contribution in [0.5, 0.6) is 0 Å². The van der Waals surface area contributed by atoms with Crippen molar-refractivity contribution in [3.8, 4) is 11.1 Å². The van der Waals surface area contributed by atoms with Gasteiger partial charge < -0.3 is 10.2 Å². The molecule has 0 aliphatic carbocycles. The molecule has 2 aliphatic rings. The standard InChI is InChI=1S/C44H48ClF4N7O4S3/c1-54(2)21-17-32(28-61-34-7-4-3-5-8-34)52-40-16-15-35(25-42(40)62(57,58)44(47,48)49)63(59,60)53-43-37-20-24-56(27-41(37)50-29-51-43)33-18-22-55(23-19-33)26-38-36(9-6-10-39(38)46)30-11-13-31(45)14-12-30/h3-16,25,29,32-33,52H,17-24,26-28H2,1-2H3,(H,50,51,53)/t32-/m1/s1. The van der Waals surface area contributed by atoms with Crippen molar-refractivity contribution in [1.29, 1.82) is 0 Å². The largest absolute Gasteiger partial charge is 0.501 e. The third kappa shape index (κ3) is 11.3. The normalized spacial score (nSPS) is 16.2. The minimum Gasteiger partial charge on any atom is -0.380 e. The lowest BCUT2D eigenvalue weighted by Gasteiger charge is -2.40. The molecule has 1 atom stereocenters. The van der Waals surface area contributed by atoms with Gasteiger partial charge in [-0.25, -0.2) is 31.2 Å². The Bertz CT molecular complexity index is 2600. The van der Waals surface area contributed by atoms with Crippen molar-refractivity contribution in [1.82, 2.24) is 24.7 Å². The highest BCUT2D eigenvalue weighted by Gasteiger charge is 2.48. The fourth-order valence-corrected chi connectivity index (χ4v) is 11.1. The second kappa shape index (κ2) is 19.8. The lowest BCUT2D eigenvalue weighted by molar-refractivity contribution is -0.0435. The van der Waals surface area contributed by atoms with Gasteiger partial charge in [-0.15, -0.1) is 11.8 Å². The maximum atomic E-state index is 15.2. The van der Waals surface area contributed by atoms with Crippen LogP contribution in [0.4, 0.5) is 29.1 Å². The first kappa shape index (κ1) is 46.7. The van der Waals surface area contributed by atoms with Crippen molar-refractivity contribution in [2.45, 2.75) is 71.1 Å². The Kier molecular flexibility index (Phi) is 14.7. The van der Waals surface area contributed by atoms with Crippen LogP contribution in [-0.4, -0.2) is 105 Å². The summed E-state index contributed by atoms with van der Waals surface area (Å²) in [6.45, 7) is 3.46. The van der Waals surface area contributed by atoms with Gasteiger partial charge in [0.1, 0.15) is 22.9 Å². The van der Waals surface area contributed by atoms with E-state index in [1.54, 1.807) is 18.2 Å². The summed E-state index contributed by atoms with van der Waals surface area (Å²) in [6, 6.07) is 24.2. The molecule has 0 spiro atoms. The molecular weight excluding hydrogens is 898 g/mol. The van der Waals surface area contributed by atoms with Crippen LogP contribution in [0.2, 0.25) is 5.02 Å². The highest BCUT2D eigenvalue weighted by molar-refractivity contribution is 7.99. The lowest BCUT2D eigenvalue weighted by atomic mass is 9.96. The van der Waals surface area contributed by atoms with Gasteiger partial charge in [-0.3, -0.25) is 14.5 Å². The molecule has 0 saturated carbocycles. The topological polar surface area (TPSA) is 128 Å². The van der Waals surface area contributed by atoms with Crippen molar-refractivity contribution in [3.05, 3.63) is 125 Å². The van der Waals surface area contributed by atoms with E-state index in [0.29, 0.717) is 72.7 Å². The summed E-state index contributed by atoms with van der Waals surface area (Å²) in [5.74, 6) is 0.0977. The molecule has 1 fully saturated rings. The Labute approximate surface area is 375 Å². The average Bonchev–Trinajstić information content (AvgIpc) is 3.25. The molecule has 7 rings (SSSR count). The summed E-state index contributed by atoms with van der Waals surface area (Å²) >= 11 is 7.55. The van der Waals surface area contributed by atoms with Gasteiger partial charge in [0.25, 0.3) is 19.9 Å². The van der Waals surface area contributed by atoms with Gasteiger partial charge in [0.15, 0.2) is 0 Å². The van der Waals surface area contributed by atoms with Gasteiger partial charge in [0.2, 0.25) is 0 Å². The molecule has 11 nitrogen and oxygen atoms in total. The number of likely N-dealkylation sites (tertiary alicyclic amines) is 1. The van der Waals surface area contributed by atoms with Crippen molar-refractivity contribution in [2.75, 3.05) is 56.1 Å². The number of piperidine rings is 1. The van der Waals surface area contributed by atoms with Gasteiger partial charge in [0, 0.05) is 58.5 Å². The summed E-state index contributed by atoms with van der Waals surface area (Å²) in [5, 5.41) is 3.59. The Morgan fingerprint density at radius 3 is 2.35 bits per heavy atom.